The summed E-state index contributed by atoms with van der Waals surface area (Å²) in [5.74, 6) is 1.97. The first-order valence-electron chi connectivity index (χ1n) is 9.30. The molecule has 0 aliphatic rings. The lowest BCUT2D eigenvalue weighted by Gasteiger charge is -2.17. The first-order valence-corrected chi connectivity index (χ1v) is 11.5. The van der Waals surface area contributed by atoms with Crippen LogP contribution in [0.5, 0.6) is 11.5 Å². The van der Waals surface area contributed by atoms with Crippen LogP contribution >= 0.6 is 31.9 Å². The van der Waals surface area contributed by atoms with Crippen molar-refractivity contribution >= 4 is 31.9 Å². The number of rotatable bonds is 14. The number of halogens is 2. The van der Waals surface area contributed by atoms with E-state index in [0.29, 0.717) is 0 Å². The molecule has 0 atom stereocenters. The third kappa shape index (κ3) is 7.77. The first kappa shape index (κ1) is 21.8. The molecule has 1 aromatic rings. The second-order valence-electron chi connectivity index (χ2n) is 6.10. The van der Waals surface area contributed by atoms with Crippen molar-refractivity contribution in [2.24, 2.45) is 0 Å². The van der Waals surface area contributed by atoms with Crippen molar-refractivity contribution in [3.8, 4) is 11.5 Å². The van der Waals surface area contributed by atoms with E-state index in [0.717, 1.165) is 48.2 Å². The van der Waals surface area contributed by atoms with Crippen LogP contribution in [0, 0.1) is 0 Å². The maximum Gasteiger partial charge on any atom is 0.123 e. The van der Waals surface area contributed by atoms with Gasteiger partial charge in [-0.15, -0.1) is 0 Å². The predicted molar refractivity (Wildman–Crippen MR) is 111 cm³/mol. The minimum Gasteiger partial charge on any atom is -0.493 e. The van der Waals surface area contributed by atoms with Crippen LogP contribution in [0.25, 0.3) is 0 Å². The molecule has 0 bridgehead atoms. The highest BCUT2D eigenvalue weighted by Gasteiger charge is 2.14. The van der Waals surface area contributed by atoms with E-state index >= 15 is 0 Å². The van der Waals surface area contributed by atoms with Crippen molar-refractivity contribution in [2.45, 2.75) is 75.9 Å². The smallest absolute Gasteiger partial charge is 0.123 e. The Hall–Kier alpha value is -0.220. The van der Waals surface area contributed by atoms with E-state index < -0.39 is 0 Å². The van der Waals surface area contributed by atoms with E-state index in [9.17, 15) is 0 Å². The standard InChI is InChI=1S/C20H32Br2O2/c1-3-5-7-9-13-23-19-11-12-20(18(16-22)17(19)15-21)24-14-10-8-6-4-2/h11-12H,3-10,13-16H2,1-2H3. The van der Waals surface area contributed by atoms with Gasteiger partial charge in [0.1, 0.15) is 11.5 Å². The van der Waals surface area contributed by atoms with Crippen LogP contribution in [-0.2, 0) is 10.7 Å². The zero-order valence-electron chi connectivity index (χ0n) is 15.2. The highest BCUT2D eigenvalue weighted by atomic mass is 79.9. The maximum atomic E-state index is 6.02. The molecule has 0 fully saturated rings. The topological polar surface area (TPSA) is 18.5 Å². The second kappa shape index (κ2) is 14.0. The lowest BCUT2D eigenvalue weighted by atomic mass is 10.1. The van der Waals surface area contributed by atoms with Crippen molar-refractivity contribution in [3.63, 3.8) is 0 Å². The molecule has 24 heavy (non-hydrogen) atoms. The molecule has 0 radical (unpaired) electrons. The van der Waals surface area contributed by atoms with Gasteiger partial charge >= 0.3 is 0 Å². The summed E-state index contributed by atoms with van der Waals surface area (Å²) in [5.41, 5.74) is 2.40. The lowest BCUT2D eigenvalue weighted by Crippen LogP contribution is -2.05. The molecule has 0 saturated heterocycles. The molecule has 0 saturated carbocycles. The second-order valence-corrected chi connectivity index (χ2v) is 7.23. The van der Waals surface area contributed by atoms with Crippen molar-refractivity contribution in [1.82, 2.24) is 0 Å². The molecule has 0 N–H and O–H groups in total. The van der Waals surface area contributed by atoms with Crippen molar-refractivity contribution < 1.29 is 9.47 Å². The summed E-state index contributed by atoms with van der Waals surface area (Å²) >= 11 is 7.23. The van der Waals surface area contributed by atoms with Gasteiger partial charge in [-0.25, -0.2) is 0 Å². The zero-order valence-corrected chi connectivity index (χ0v) is 18.4. The van der Waals surface area contributed by atoms with Gasteiger partial charge in [0.2, 0.25) is 0 Å². The van der Waals surface area contributed by atoms with Crippen LogP contribution in [0.15, 0.2) is 12.1 Å². The molecule has 0 amide bonds. The third-order valence-electron chi connectivity index (χ3n) is 4.12. The van der Waals surface area contributed by atoms with Gasteiger partial charge in [-0.2, -0.15) is 0 Å². The number of ether oxygens (including phenoxy) is 2. The fourth-order valence-electron chi connectivity index (χ4n) is 2.64. The van der Waals surface area contributed by atoms with Crippen molar-refractivity contribution in [1.29, 1.82) is 0 Å². The third-order valence-corrected chi connectivity index (χ3v) is 5.24. The Morgan fingerprint density at radius 3 is 1.42 bits per heavy atom. The van der Waals surface area contributed by atoms with Gasteiger partial charge in [-0.05, 0) is 25.0 Å². The Balaban J connectivity index is 2.64. The molecule has 0 aliphatic heterocycles. The van der Waals surface area contributed by atoms with E-state index in [2.05, 4.69) is 57.8 Å². The van der Waals surface area contributed by atoms with Gasteiger partial charge in [0.25, 0.3) is 0 Å². The molecule has 0 unspecified atom stereocenters. The fourth-order valence-corrected chi connectivity index (χ4v) is 3.86. The minimum atomic E-state index is 0.783. The van der Waals surface area contributed by atoms with E-state index in [1.54, 1.807) is 0 Å². The number of benzene rings is 1. The molecule has 0 aliphatic carbocycles. The lowest BCUT2D eigenvalue weighted by molar-refractivity contribution is 0.293. The molecule has 1 aromatic carbocycles. The summed E-state index contributed by atoms with van der Waals surface area (Å²) in [7, 11) is 0. The summed E-state index contributed by atoms with van der Waals surface area (Å²) in [6.45, 7) is 6.04. The minimum absolute atomic E-state index is 0.783. The van der Waals surface area contributed by atoms with Crippen molar-refractivity contribution in [2.75, 3.05) is 13.2 Å². The molecular weight excluding hydrogens is 432 g/mol. The molecule has 0 spiro atoms. The van der Waals surface area contributed by atoms with Crippen molar-refractivity contribution in [3.05, 3.63) is 23.3 Å². The van der Waals surface area contributed by atoms with Gasteiger partial charge in [0.15, 0.2) is 0 Å². The Labute approximate surface area is 165 Å². The number of alkyl halides is 2. The monoisotopic (exact) mass is 462 g/mol. The Bertz CT molecular complexity index is 409. The molecule has 2 nitrogen and oxygen atoms in total. The van der Waals surface area contributed by atoms with Crippen LogP contribution in [-0.4, -0.2) is 13.2 Å². The van der Waals surface area contributed by atoms with E-state index in [4.69, 9.17) is 9.47 Å². The van der Waals surface area contributed by atoms with Gasteiger partial charge in [0, 0.05) is 21.8 Å². The zero-order chi connectivity index (χ0) is 17.6. The van der Waals surface area contributed by atoms with Gasteiger partial charge in [-0.1, -0.05) is 84.2 Å². The van der Waals surface area contributed by atoms with E-state index in [-0.39, 0.29) is 0 Å². The predicted octanol–water partition coefficient (Wildman–Crippen LogP) is 7.39. The Morgan fingerprint density at radius 1 is 0.667 bits per heavy atom. The highest BCUT2D eigenvalue weighted by Crippen LogP contribution is 2.34. The van der Waals surface area contributed by atoms with E-state index in [1.165, 1.54) is 49.7 Å². The van der Waals surface area contributed by atoms with Crippen LogP contribution in [0.2, 0.25) is 0 Å². The summed E-state index contributed by atoms with van der Waals surface area (Å²) in [6, 6.07) is 4.12. The summed E-state index contributed by atoms with van der Waals surface area (Å²) in [5, 5.41) is 1.57. The van der Waals surface area contributed by atoms with Crippen LogP contribution in [0.1, 0.15) is 76.3 Å². The molecule has 0 aromatic heterocycles. The number of hydrogen-bond donors (Lipinski definition) is 0. The van der Waals surface area contributed by atoms with Crippen LogP contribution < -0.4 is 9.47 Å². The Morgan fingerprint density at radius 2 is 1.08 bits per heavy atom. The van der Waals surface area contributed by atoms with Crippen LogP contribution in [0.3, 0.4) is 0 Å². The number of hydrogen-bond acceptors (Lipinski definition) is 2. The largest absolute Gasteiger partial charge is 0.493 e. The summed E-state index contributed by atoms with van der Waals surface area (Å²) in [4.78, 5) is 0. The van der Waals surface area contributed by atoms with Gasteiger partial charge in [0.05, 0.1) is 13.2 Å². The SMILES string of the molecule is CCCCCCOc1ccc(OCCCCCC)c(CBr)c1CBr. The normalized spacial score (nSPS) is 10.8. The molecule has 0 heterocycles. The molecule has 4 heteroatoms. The molecular formula is C20H32Br2O2. The maximum absolute atomic E-state index is 6.02. The quantitative estimate of drug-likeness (QED) is 0.211. The highest BCUT2D eigenvalue weighted by molar-refractivity contribution is 9.09. The van der Waals surface area contributed by atoms with Gasteiger partial charge < -0.3 is 9.47 Å². The van der Waals surface area contributed by atoms with Crippen LogP contribution in [0.4, 0.5) is 0 Å². The Kier molecular flexibility index (Phi) is 12.7. The first-order chi connectivity index (χ1) is 11.8. The van der Waals surface area contributed by atoms with E-state index in [1.807, 2.05) is 0 Å². The summed E-state index contributed by atoms with van der Waals surface area (Å²) in [6.07, 6.45) is 9.80. The number of unbranched alkanes of at least 4 members (excludes halogenated alkanes) is 6. The average Bonchev–Trinajstić information content (AvgIpc) is 2.61. The molecule has 138 valence electrons. The van der Waals surface area contributed by atoms with Gasteiger partial charge in [-0.3, -0.25) is 0 Å². The average molecular weight is 464 g/mol. The fraction of sp³-hybridized carbons (Fsp3) is 0.700. The molecule has 1 rings (SSSR count). The summed E-state index contributed by atoms with van der Waals surface area (Å²) < 4.78 is 12.0.